The average Bonchev–Trinajstić information content (AvgIpc) is 2.93. The zero-order valence-corrected chi connectivity index (χ0v) is 13.9. The summed E-state index contributed by atoms with van der Waals surface area (Å²) in [5.74, 6) is 0.467. The van der Waals surface area contributed by atoms with Gasteiger partial charge in [0.15, 0.2) is 6.10 Å². The topological polar surface area (TPSA) is 77.2 Å². The Bertz CT molecular complexity index is 873. The summed E-state index contributed by atoms with van der Waals surface area (Å²) in [4.78, 5) is 16.6. The van der Waals surface area contributed by atoms with Crippen molar-refractivity contribution in [1.29, 1.82) is 0 Å². The lowest BCUT2D eigenvalue weighted by molar-refractivity contribution is -0.122. The molecule has 24 heavy (non-hydrogen) atoms. The fourth-order valence-corrected chi connectivity index (χ4v) is 2.41. The molecular formula is C18H19N3O3. The van der Waals surface area contributed by atoms with Gasteiger partial charge in [-0.2, -0.15) is 0 Å². The highest BCUT2D eigenvalue weighted by molar-refractivity contribution is 5.95. The van der Waals surface area contributed by atoms with Crippen molar-refractivity contribution in [2.75, 3.05) is 5.32 Å². The molecular weight excluding hydrogens is 306 g/mol. The first-order chi connectivity index (χ1) is 11.6. The quantitative estimate of drug-likeness (QED) is 0.775. The third-order valence-electron chi connectivity index (χ3n) is 3.71. The van der Waals surface area contributed by atoms with Crippen LogP contribution in [-0.2, 0) is 4.79 Å². The third kappa shape index (κ3) is 3.37. The number of rotatable bonds is 5. The van der Waals surface area contributed by atoms with E-state index in [4.69, 9.17) is 9.26 Å². The Labute approximate surface area is 139 Å². The van der Waals surface area contributed by atoms with E-state index in [1.165, 1.54) is 0 Å². The maximum atomic E-state index is 12.5. The van der Waals surface area contributed by atoms with Gasteiger partial charge in [-0.25, -0.2) is 4.98 Å². The summed E-state index contributed by atoms with van der Waals surface area (Å²) < 4.78 is 10.9. The molecule has 2 aromatic heterocycles. The standard InChI is InChI=1S/C18H19N3O3/c1-4-16(23-14-7-5-6-11(2)8-14)17(22)20-13-9-15-12(3)21-24-18(15)19-10-13/h5-10,16H,4H2,1-3H3,(H,20,22). The number of carbonyl (C=O) groups excluding carboxylic acids is 1. The van der Waals surface area contributed by atoms with Crippen molar-refractivity contribution in [3.63, 3.8) is 0 Å². The van der Waals surface area contributed by atoms with Crippen LogP contribution in [0.15, 0.2) is 41.1 Å². The van der Waals surface area contributed by atoms with Gasteiger partial charge in [-0.1, -0.05) is 24.2 Å². The minimum atomic E-state index is -0.578. The van der Waals surface area contributed by atoms with Crippen LogP contribution in [0.2, 0.25) is 0 Å². The lowest BCUT2D eigenvalue weighted by Gasteiger charge is -2.17. The fraction of sp³-hybridized carbons (Fsp3) is 0.278. The van der Waals surface area contributed by atoms with Gasteiger partial charge in [0.2, 0.25) is 0 Å². The number of carbonyl (C=O) groups is 1. The van der Waals surface area contributed by atoms with Crippen LogP contribution in [0, 0.1) is 13.8 Å². The number of benzene rings is 1. The van der Waals surface area contributed by atoms with Crippen molar-refractivity contribution < 1.29 is 14.1 Å². The molecule has 6 nitrogen and oxygen atoms in total. The lowest BCUT2D eigenvalue weighted by Crippen LogP contribution is -2.32. The monoisotopic (exact) mass is 325 g/mol. The Balaban J connectivity index is 1.74. The van der Waals surface area contributed by atoms with Crippen LogP contribution >= 0.6 is 0 Å². The van der Waals surface area contributed by atoms with Gasteiger partial charge in [0.05, 0.1) is 23.0 Å². The number of anilines is 1. The second-order valence-electron chi connectivity index (χ2n) is 5.67. The van der Waals surface area contributed by atoms with Gasteiger partial charge in [0.25, 0.3) is 11.6 Å². The molecule has 0 bridgehead atoms. The first-order valence-electron chi connectivity index (χ1n) is 7.83. The minimum Gasteiger partial charge on any atom is -0.481 e. The first-order valence-corrected chi connectivity index (χ1v) is 7.83. The summed E-state index contributed by atoms with van der Waals surface area (Å²) in [6, 6.07) is 9.43. The Morgan fingerprint density at radius 1 is 1.33 bits per heavy atom. The fourth-order valence-electron chi connectivity index (χ4n) is 2.41. The van der Waals surface area contributed by atoms with Crippen molar-refractivity contribution >= 4 is 22.7 Å². The van der Waals surface area contributed by atoms with E-state index in [-0.39, 0.29) is 5.91 Å². The molecule has 0 aliphatic rings. The van der Waals surface area contributed by atoms with Crippen LogP contribution in [0.25, 0.3) is 11.1 Å². The molecule has 0 aliphatic heterocycles. The van der Waals surface area contributed by atoms with Gasteiger partial charge in [0.1, 0.15) is 5.75 Å². The third-order valence-corrected chi connectivity index (χ3v) is 3.71. The molecule has 0 spiro atoms. The SMILES string of the molecule is CCC(Oc1cccc(C)c1)C(=O)Nc1cnc2onc(C)c2c1. The number of aromatic nitrogens is 2. The molecule has 3 aromatic rings. The number of ether oxygens (including phenoxy) is 1. The number of fused-ring (bicyclic) bond motifs is 1. The van der Waals surface area contributed by atoms with Gasteiger partial charge < -0.3 is 14.6 Å². The number of aryl methyl sites for hydroxylation is 2. The van der Waals surface area contributed by atoms with Crippen LogP contribution in [0.5, 0.6) is 5.75 Å². The zero-order chi connectivity index (χ0) is 17.1. The maximum Gasteiger partial charge on any atom is 0.265 e. The molecule has 1 N–H and O–H groups in total. The van der Waals surface area contributed by atoms with Crippen LogP contribution in [0.1, 0.15) is 24.6 Å². The van der Waals surface area contributed by atoms with Gasteiger partial charge in [0, 0.05) is 0 Å². The molecule has 3 rings (SSSR count). The van der Waals surface area contributed by atoms with Crippen molar-refractivity contribution in [1.82, 2.24) is 10.1 Å². The Morgan fingerprint density at radius 2 is 2.17 bits per heavy atom. The number of amides is 1. The van der Waals surface area contributed by atoms with Gasteiger partial charge in [-0.15, -0.1) is 0 Å². The number of nitrogens with zero attached hydrogens (tertiary/aromatic N) is 2. The van der Waals surface area contributed by atoms with Gasteiger partial charge in [-0.05, 0) is 44.0 Å². The minimum absolute atomic E-state index is 0.214. The van der Waals surface area contributed by atoms with Crippen LogP contribution in [0.3, 0.4) is 0 Å². The summed E-state index contributed by atoms with van der Waals surface area (Å²) in [5, 5.41) is 7.48. The normalized spacial score (nSPS) is 12.1. The van der Waals surface area contributed by atoms with E-state index in [0.717, 1.165) is 16.6 Å². The molecule has 124 valence electrons. The second kappa shape index (κ2) is 6.70. The summed E-state index contributed by atoms with van der Waals surface area (Å²) in [6.45, 7) is 5.72. The Kier molecular flexibility index (Phi) is 4.46. The van der Waals surface area contributed by atoms with Crippen molar-refractivity contribution in [3.8, 4) is 5.75 Å². The maximum absolute atomic E-state index is 12.5. The highest BCUT2D eigenvalue weighted by atomic mass is 16.5. The van der Waals surface area contributed by atoms with E-state index < -0.39 is 6.10 Å². The van der Waals surface area contributed by atoms with E-state index in [2.05, 4.69) is 15.5 Å². The summed E-state index contributed by atoms with van der Waals surface area (Å²) in [7, 11) is 0. The molecule has 0 aliphatic carbocycles. The summed E-state index contributed by atoms with van der Waals surface area (Å²) in [5.41, 5.74) is 2.86. The van der Waals surface area contributed by atoms with E-state index in [9.17, 15) is 4.79 Å². The van der Waals surface area contributed by atoms with Crippen molar-refractivity contribution in [2.24, 2.45) is 0 Å². The Hall–Kier alpha value is -2.89. The van der Waals surface area contributed by atoms with Gasteiger partial charge in [-0.3, -0.25) is 4.79 Å². The van der Waals surface area contributed by atoms with E-state index in [1.807, 2.05) is 45.0 Å². The largest absolute Gasteiger partial charge is 0.481 e. The van der Waals surface area contributed by atoms with Crippen LogP contribution in [-0.4, -0.2) is 22.2 Å². The summed E-state index contributed by atoms with van der Waals surface area (Å²) >= 11 is 0. The smallest absolute Gasteiger partial charge is 0.265 e. The van der Waals surface area contributed by atoms with Crippen LogP contribution < -0.4 is 10.1 Å². The molecule has 0 saturated carbocycles. The summed E-state index contributed by atoms with van der Waals surface area (Å²) in [6.07, 6.45) is 1.53. The number of pyridine rings is 1. The number of nitrogens with one attached hydrogen (secondary N) is 1. The number of hydrogen-bond donors (Lipinski definition) is 1. The predicted molar refractivity (Wildman–Crippen MR) is 91.1 cm³/mol. The highest BCUT2D eigenvalue weighted by Crippen LogP contribution is 2.20. The second-order valence-corrected chi connectivity index (χ2v) is 5.67. The lowest BCUT2D eigenvalue weighted by atomic mass is 10.2. The number of hydrogen-bond acceptors (Lipinski definition) is 5. The molecule has 1 atom stereocenters. The van der Waals surface area contributed by atoms with Gasteiger partial charge >= 0.3 is 0 Å². The average molecular weight is 325 g/mol. The molecule has 1 aromatic carbocycles. The molecule has 1 unspecified atom stereocenters. The molecule has 6 heteroatoms. The van der Waals surface area contributed by atoms with E-state index >= 15 is 0 Å². The Morgan fingerprint density at radius 3 is 2.92 bits per heavy atom. The molecule has 0 radical (unpaired) electrons. The van der Waals surface area contributed by atoms with E-state index in [1.54, 1.807) is 12.3 Å². The predicted octanol–water partition coefficient (Wildman–Crippen LogP) is 3.64. The van der Waals surface area contributed by atoms with Crippen molar-refractivity contribution in [3.05, 3.63) is 47.8 Å². The molecule has 0 fully saturated rings. The molecule has 2 heterocycles. The first kappa shape index (κ1) is 16.0. The van der Waals surface area contributed by atoms with Crippen LogP contribution in [0.4, 0.5) is 5.69 Å². The molecule has 1 amide bonds. The zero-order valence-electron chi connectivity index (χ0n) is 13.9. The van der Waals surface area contributed by atoms with Crippen molar-refractivity contribution in [2.45, 2.75) is 33.3 Å². The highest BCUT2D eigenvalue weighted by Gasteiger charge is 2.19. The van der Waals surface area contributed by atoms with E-state index in [0.29, 0.717) is 23.6 Å². The molecule has 0 saturated heterocycles.